The molecule has 0 unspecified atom stereocenters. The average Bonchev–Trinajstić information content (AvgIpc) is 3.04. The quantitative estimate of drug-likeness (QED) is 0.131. The number of guanidine groups is 1. The molecule has 1 aliphatic carbocycles. The fourth-order valence-electron chi connectivity index (χ4n) is 5.45. The smallest absolute Gasteiger partial charge is 0.490 e. The number of benzene rings is 1. The van der Waals surface area contributed by atoms with E-state index in [-0.39, 0.29) is 29.8 Å². The van der Waals surface area contributed by atoms with E-state index in [0.717, 1.165) is 50.9 Å². The largest absolute Gasteiger partial charge is 0.494 e. The molecule has 0 aromatic heterocycles. The Morgan fingerprint density at radius 2 is 1.50 bits per heavy atom. The molecular weight excluding hydrogens is 685 g/mol. The normalized spacial score (nSPS) is 16.9. The fourth-order valence-corrected chi connectivity index (χ4v) is 5.45. The van der Waals surface area contributed by atoms with Crippen LogP contribution in [0.15, 0.2) is 23.2 Å². The third kappa shape index (κ3) is 17.6. The summed E-state index contributed by atoms with van der Waals surface area (Å²) in [5.41, 5.74) is 6.96. The standard InChI is InChI=1S/C28H43FN4O3.2C2HF3O2/c1-3-33-15-13-22(14-16-33)19-27(35)32-28(30)31-24(17-20-7-5-4-6-8-20)25(34)12-10-21-9-11-23(29)26(18-21)36-2;2*3-2(4,5)1(6)7/h9,11,18,20,22,24H,3-8,10,12-17,19H2,1-2H3,(H3,30,31,32,35);2*(H,6,7)/t24-;;/m1../s1. The molecule has 1 saturated heterocycles. The van der Waals surface area contributed by atoms with Crippen LogP contribution in [0.1, 0.15) is 76.7 Å². The van der Waals surface area contributed by atoms with Gasteiger partial charge in [0.1, 0.15) is 6.04 Å². The number of rotatable bonds is 11. The molecule has 0 spiro atoms. The Hall–Kier alpha value is -3.96. The minimum atomic E-state index is -5.08. The molecule has 2 fully saturated rings. The van der Waals surface area contributed by atoms with Crippen molar-refractivity contribution in [3.05, 3.63) is 29.6 Å². The number of ether oxygens (including phenoxy) is 1. The van der Waals surface area contributed by atoms with E-state index in [0.29, 0.717) is 31.1 Å². The minimum Gasteiger partial charge on any atom is -0.494 e. The Bertz CT molecular complexity index is 1250. The number of aliphatic imine (C=N–C) groups is 1. The van der Waals surface area contributed by atoms with Crippen LogP contribution >= 0.6 is 0 Å². The van der Waals surface area contributed by atoms with Crippen molar-refractivity contribution >= 4 is 29.6 Å². The van der Waals surface area contributed by atoms with E-state index in [1.54, 1.807) is 12.1 Å². The molecule has 1 aromatic rings. The van der Waals surface area contributed by atoms with Crippen LogP contribution in [0.2, 0.25) is 0 Å². The van der Waals surface area contributed by atoms with Gasteiger partial charge in [-0.05, 0) is 74.8 Å². The Morgan fingerprint density at radius 3 is 1.98 bits per heavy atom. The number of amides is 1. The molecule has 0 bridgehead atoms. The molecule has 0 radical (unpaired) electrons. The highest BCUT2D eigenvalue weighted by Crippen LogP contribution is 2.29. The van der Waals surface area contributed by atoms with Gasteiger partial charge in [0.2, 0.25) is 5.91 Å². The number of carbonyl (C=O) groups is 4. The SMILES string of the molecule is CCN1CCC(CC(=O)NC(N)=N[C@H](CC2CCCCC2)C(=O)CCc2ccc(F)c(OC)c2)CC1.O=C(O)C(F)(F)F.O=C(O)C(F)(F)F. The number of piperidine rings is 1. The number of hydrogen-bond acceptors (Lipinski definition) is 7. The second-order valence-electron chi connectivity index (χ2n) is 11.9. The van der Waals surface area contributed by atoms with Crippen LogP contribution in [0.4, 0.5) is 30.7 Å². The summed E-state index contributed by atoms with van der Waals surface area (Å²) in [6, 6.07) is 4.07. The first-order valence-electron chi connectivity index (χ1n) is 16.1. The lowest BCUT2D eigenvalue weighted by molar-refractivity contribution is -0.193. The number of likely N-dealkylation sites (tertiary alicyclic amines) is 1. The summed E-state index contributed by atoms with van der Waals surface area (Å²) < 4.78 is 82.3. The number of alkyl halides is 6. The Morgan fingerprint density at radius 1 is 0.960 bits per heavy atom. The first kappa shape index (κ1) is 44.1. The lowest BCUT2D eigenvalue weighted by Crippen LogP contribution is -2.41. The van der Waals surface area contributed by atoms with Gasteiger partial charge in [-0.2, -0.15) is 26.3 Å². The zero-order chi connectivity index (χ0) is 38.1. The van der Waals surface area contributed by atoms with Crippen molar-refractivity contribution < 1.29 is 64.9 Å². The lowest BCUT2D eigenvalue weighted by Gasteiger charge is -2.30. The first-order chi connectivity index (χ1) is 23.3. The van der Waals surface area contributed by atoms with Crippen molar-refractivity contribution in [3.63, 3.8) is 0 Å². The van der Waals surface area contributed by atoms with Crippen LogP contribution in [-0.2, 0) is 25.6 Å². The van der Waals surface area contributed by atoms with Crippen LogP contribution in [0.25, 0.3) is 0 Å². The third-order valence-corrected chi connectivity index (χ3v) is 8.20. The Labute approximate surface area is 285 Å². The molecule has 1 saturated carbocycles. The molecule has 1 aliphatic heterocycles. The summed E-state index contributed by atoms with van der Waals surface area (Å²) in [5.74, 6) is -5.08. The predicted octanol–water partition coefficient (Wildman–Crippen LogP) is 5.49. The fraction of sp³-hybridized carbons (Fsp3) is 0.656. The van der Waals surface area contributed by atoms with Gasteiger partial charge in [0, 0.05) is 12.8 Å². The number of carboxylic acid groups (broad SMARTS) is 2. The summed E-state index contributed by atoms with van der Waals surface area (Å²) in [6.07, 6.45) is -0.554. The number of hydrogen-bond donors (Lipinski definition) is 4. The van der Waals surface area contributed by atoms with E-state index in [9.17, 15) is 40.3 Å². The van der Waals surface area contributed by atoms with Crippen molar-refractivity contribution in [2.45, 2.75) is 95.9 Å². The van der Waals surface area contributed by atoms with Gasteiger partial charge in [-0.1, -0.05) is 45.1 Å². The van der Waals surface area contributed by atoms with E-state index in [1.165, 1.54) is 32.4 Å². The highest BCUT2D eigenvalue weighted by molar-refractivity contribution is 5.97. The zero-order valence-corrected chi connectivity index (χ0v) is 27.9. The van der Waals surface area contributed by atoms with Gasteiger partial charge in [-0.15, -0.1) is 0 Å². The number of aliphatic carboxylic acids is 2. The monoisotopic (exact) mass is 730 g/mol. The van der Waals surface area contributed by atoms with Gasteiger partial charge in [0.15, 0.2) is 23.3 Å². The van der Waals surface area contributed by atoms with Crippen molar-refractivity contribution in [1.29, 1.82) is 0 Å². The number of Topliss-reactive ketones (excluding diaryl/α,β-unsaturated/α-hetero) is 1. The number of nitrogens with two attached hydrogens (primary N) is 1. The molecule has 3 rings (SSSR count). The van der Waals surface area contributed by atoms with E-state index in [4.69, 9.17) is 30.3 Å². The summed E-state index contributed by atoms with van der Waals surface area (Å²) in [4.78, 5) is 50.5. The summed E-state index contributed by atoms with van der Waals surface area (Å²) >= 11 is 0. The van der Waals surface area contributed by atoms with Crippen LogP contribution in [0.3, 0.4) is 0 Å². The molecule has 5 N–H and O–H groups in total. The van der Waals surface area contributed by atoms with Gasteiger partial charge in [-0.3, -0.25) is 14.9 Å². The van der Waals surface area contributed by atoms with Gasteiger partial charge in [-0.25, -0.2) is 19.0 Å². The molecule has 1 heterocycles. The van der Waals surface area contributed by atoms with E-state index in [2.05, 4.69) is 22.1 Å². The van der Waals surface area contributed by atoms with Crippen molar-refractivity contribution in [2.75, 3.05) is 26.7 Å². The molecule has 284 valence electrons. The summed E-state index contributed by atoms with van der Waals surface area (Å²) in [5, 5.41) is 17.0. The van der Waals surface area contributed by atoms with Gasteiger partial charge in [0.05, 0.1) is 7.11 Å². The number of carbonyl (C=O) groups excluding carboxylic acids is 2. The summed E-state index contributed by atoms with van der Waals surface area (Å²) in [6.45, 7) is 5.25. The van der Waals surface area contributed by atoms with Gasteiger partial charge >= 0.3 is 24.3 Å². The molecular formula is C32H45F7N4O7. The number of aryl methyl sites for hydroxylation is 1. The van der Waals surface area contributed by atoms with Crippen LogP contribution in [0.5, 0.6) is 5.75 Å². The molecule has 11 nitrogen and oxygen atoms in total. The number of ketones is 1. The number of halogens is 7. The van der Waals surface area contributed by atoms with Crippen molar-refractivity contribution in [2.24, 2.45) is 22.6 Å². The molecule has 50 heavy (non-hydrogen) atoms. The number of carboxylic acids is 2. The van der Waals surface area contributed by atoms with E-state index >= 15 is 0 Å². The number of nitrogens with one attached hydrogen (secondary N) is 1. The Kier molecular flexibility index (Phi) is 18.8. The van der Waals surface area contributed by atoms with Gasteiger partial charge < -0.3 is 25.6 Å². The van der Waals surface area contributed by atoms with Crippen LogP contribution < -0.4 is 15.8 Å². The highest BCUT2D eigenvalue weighted by Gasteiger charge is 2.39. The lowest BCUT2D eigenvalue weighted by atomic mass is 9.83. The molecule has 1 aromatic carbocycles. The average molecular weight is 731 g/mol. The summed E-state index contributed by atoms with van der Waals surface area (Å²) in [7, 11) is 1.42. The second kappa shape index (κ2) is 21.3. The molecule has 1 amide bonds. The predicted molar refractivity (Wildman–Crippen MR) is 168 cm³/mol. The maximum absolute atomic E-state index is 13.7. The topological polar surface area (TPSA) is 172 Å². The number of methoxy groups -OCH3 is 1. The van der Waals surface area contributed by atoms with Crippen molar-refractivity contribution in [1.82, 2.24) is 10.2 Å². The third-order valence-electron chi connectivity index (χ3n) is 8.20. The van der Waals surface area contributed by atoms with Crippen LogP contribution in [0, 0.1) is 17.7 Å². The molecule has 18 heteroatoms. The highest BCUT2D eigenvalue weighted by atomic mass is 19.4. The molecule has 1 atom stereocenters. The van der Waals surface area contributed by atoms with Crippen molar-refractivity contribution in [3.8, 4) is 5.75 Å². The first-order valence-corrected chi connectivity index (χ1v) is 16.1. The Balaban J connectivity index is 0.000000748. The zero-order valence-electron chi connectivity index (χ0n) is 27.9. The maximum Gasteiger partial charge on any atom is 0.490 e. The minimum absolute atomic E-state index is 0.00648. The van der Waals surface area contributed by atoms with E-state index in [1.807, 2.05) is 0 Å². The second-order valence-corrected chi connectivity index (χ2v) is 11.9. The van der Waals surface area contributed by atoms with E-state index < -0.39 is 36.2 Å². The number of nitrogens with zero attached hydrogens (tertiary/aromatic N) is 2. The molecule has 2 aliphatic rings. The maximum atomic E-state index is 13.7. The van der Waals surface area contributed by atoms with Crippen LogP contribution in [-0.4, -0.2) is 89.8 Å². The van der Waals surface area contributed by atoms with Gasteiger partial charge in [0.25, 0.3) is 0 Å².